The van der Waals surface area contributed by atoms with Crippen molar-refractivity contribution < 1.29 is 9.53 Å². The van der Waals surface area contributed by atoms with Crippen molar-refractivity contribution in [3.05, 3.63) is 29.8 Å². The van der Waals surface area contributed by atoms with Gasteiger partial charge in [0.25, 0.3) is 5.91 Å². The molecule has 0 unspecified atom stereocenters. The molecule has 1 fully saturated rings. The average molecular weight is 318 g/mol. The van der Waals surface area contributed by atoms with Crippen LogP contribution in [0.1, 0.15) is 32.3 Å². The lowest BCUT2D eigenvalue weighted by atomic mass is 9.92. The largest absolute Gasteiger partial charge is 0.484 e. The number of carbonyl (C=O) groups is 1. The molecule has 1 aliphatic heterocycles. The fraction of sp³-hybridized carbons (Fsp3) is 0.632. The molecular weight excluding hydrogens is 288 g/mol. The second-order valence-electron chi connectivity index (χ2n) is 7.01. The highest BCUT2D eigenvalue weighted by Crippen LogP contribution is 2.20. The third kappa shape index (κ3) is 6.61. The summed E-state index contributed by atoms with van der Waals surface area (Å²) in [5.41, 5.74) is 1.13. The number of ether oxygens (including phenoxy) is 1. The second kappa shape index (κ2) is 8.92. The summed E-state index contributed by atoms with van der Waals surface area (Å²) in [7, 11) is 0. The van der Waals surface area contributed by atoms with Crippen LogP contribution >= 0.6 is 0 Å². The van der Waals surface area contributed by atoms with Gasteiger partial charge in [0.05, 0.1) is 0 Å². The second-order valence-corrected chi connectivity index (χ2v) is 7.01. The minimum absolute atomic E-state index is 0.0492. The van der Waals surface area contributed by atoms with Crippen molar-refractivity contribution in [3.8, 4) is 5.75 Å². The van der Waals surface area contributed by atoms with Gasteiger partial charge < -0.3 is 15.0 Å². The molecule has 1 aliphatic rings. The van der Waals surface area contributed by atoms with Crippen LogP contribution in [0.3, 0.4) is 0 Å². The summed E-state index contributed by atoms with van der Waals surface area (Å²) in [6, 6.07) is 7.75. The topological polar surface area (TPSA) is 41.6 Å². The Hall–Kier alpha value is -1.55. The number of aryl methyl sites for hydroxylation is 1. The zero-order valence-corrected chi connectivity index (χ0v) is 14.7. The Morgan fingerprint density at radius 1 is 1.30 bits per heavy atom. The number of nitrogens with one attached hydrogen (secondary N) is 1. The number of amides is 1. The van der Waals surface area contributed by atoms with Gasteiger partial charge >= 0.3 is 0 Å². The predicted octanol–water partition coefficient (Wildman–Crippen LogP) is 2.86. The van der Waals surface area contributed by atoms with Crippen molar-refractivity contribution in [1.29, 1.82) is 0 Å². The van der Waals surface area contributed by atoms with Gasteiger partial charge in [0, 0.05) is 19.6 Å². The zero-order chi connectivity index (χ0) is 16.7. The Balaban J connectivity index is 1.58. The van der Waals surface area contributed by atoms with Crippen LogP contribution in [0.25, 0.3) is 0 Å². The Morgan fingerprint density at radius 2 is 2.04 bits per heavy atom. The average Bonchev–Trinajstić information content (AvgIpc) is 2.49. The van der Waals surface area contributed by atoms with E-state index in [0.29, 0.717) is 0 Å². The molecule has 1 amide bonds. The minimum Gasteiger partial charge on any atom is -0.484 e. The quantitative estimate of drug-likeness (QED) is 0.786. The highest BCUT2D eigenvalue weighted by atomic mass is 16.5. The molecule has 0 aromatic heterocycles. The summed E-state index contributed by atoms with van der Waals surface area (Å²) in [5, 5.41) is 2.94. The predicted molar refractivity (Wildman–Crippen MR) is 93.7 cm³/mol. The van der Waals surface area contributed by atoms with E-state index in [-0.39, 0.29) is 12.5 Å². The zero-order valence-electron chi connectivity index (χ0n) is 14.7. The lowest BCUT2D eigenvalue weighted by Gasteiger charge is -2.34. The van der Waals surface area contributed by atoms with Gasteiger partial charge in [-0.1, -0.05) is 26.0 Å². The molecule has 0 radical (unpaired) electrons. The number of nitrogens with zero attached hydrogens (tertiary/aromatic N) is 1. The van der Waals surface area contributed by atoms with Crippen molar-refractivity contribution >= 4 is 5.91 Å². The number of benzene rings is 1. The van der Waals surface area contributed by atoms with Crippen molar-refractivity contribution in [2.45, 2.75) is 33.6 Å². The maximum absolute atomic E-state index is 11.8. The van der Waals surface area contributed by atoms with Crippen LogP contribution in [-0.4, -0.2) is 43.6 Å². The Morgan fingerprint density at radius 3 is 2.74 bits per heavy atom. The van der Waals surface area contributed by atoms with Crippen molar-refractivity contribution in [2.24, 2.45) is 11.8 Å². The minimum atomic E-state index is -0.0492. The molecule has 1 saturated heterocycles. The van der Waals surface area contributed by atoms with Crippen LogP contribution in [0, 0.1) is 18.8 Å². The maximum Gasteiger partial charge on any atom is 0.257 e. The molecule has 0 bridgehead atoms. The van der Waals surface area contributed by atoms with Crippen molar-refractivity contribution in [3.63, 3.8) is 0 Å². The monoisotopic (exact) mass is 318 g/mol. The number of hydrogen-bond donors (Lipinski definition) is 1. The van der Waals surface area contributed by atoms with Crippen LogP contribution in [-0.2, 0) is 4.79 Å². The molecule has 23 heavy (non-hydrogen) atoms. The molecule has 0 saturated carbocycles. The maximum atomic E-state index is 11.8. The third-order valence-corrected chi connectivity index (χ3v) is 4.28. The van der Waals surface area contributed by atoms with E-state index in [1.54, 1.807) is 0 Å². The molecule has 128 valence electrons. The highest BCUT2D eigenvalue weighted by molar-refractivity contribution is 5.77. The number of rotatable bonds is 7. The first-order valence-corrected chi connectivity index (χ1v) is 8.71. The van der Waals surface area contributed by atoms with E-state index in [0.717, 1.165) is 42.7 Å². The van der Waals surface area contributed by atoms with E-state index in [1.165, 1.54) is 19.5 Å². The molecule has 1 aromatic rings. The summed E-state index contributed by atoms with van der Waals surface area (Å²) >= 11 is 0. The molecular formula is C19H30N2O2. The number of piperidine rings is 1. The lowest BCUT2D eigenvalue weighted by Crippen LogP contribution is -2.40. The van der Waals surface area contributed by atoms with Gasteiger partial charge in [0.15, 0.2) is 6.61 Å². The first-order chi connectivity index (χ1) is 11.0. The van der Waals surface area contributed by atoms with E-state index in [2.05, 4.69) is 24.1 Å². The summed E-state index contributed by atoms with van der Waals surface area (Å²) in [6.07, 6.45) is 2.33. The van der Waals surface area contributed by atoms with E-state index in [4.69, 9.17) is 4.74 Å². The van der Waals surface area contributed by atoms with E-state index < -0.39 is 0 Å². The van der Waals surface area contributed by atoms with Crippen LogP contribution in [0.5, 0.6) is 5.75 Å². The van der Waals surface area contributed by atoms with Crippen LogP contribution < -0.4 is 10.1 Å². The van der Waals surface area contributed by atoms with Crippen molar-refractivity contribution in [2.75, 3.05) is 32.8 Å². The van der Waals surface area contributed by atoms with Crippen LogP contribution in [0.2, 0.25) is 0 Å². The van der Waals surface area contributed by atoms with Gasteiger partial charge in [-0.25, -0.2) is 0 Å². The van der Waals surface area contributed by atoms with Gasteiger partial charge in [-0.05, 0) is 55.8 Å². The fourth-order valence-electron chi connectivity index (χ4n) is 3.41. The molecule has 1 heterocycles. The molecule has 4 heteroatoms. The third-order valence-electron chi connectivity index (χ3n) is 4.28. The van der Waals surface area contributed by atoms with Gasteiger partial charge in [-0.15, -0.1) is 0 Å². The van der Waals surface area contributed by atoms with E-state index in [9.17, 15) is 4.79 Å². The molecule has 2 atom stereocenters. The SMILES string of the molecule is Cc1cccc(OCC(=O)NCCCN2C[C@H](C)C[C@H](C)C2)c1. The standard InChI is InChI=1S/C19H30N2O2/c1-15-6-4-7-18(11-15)23-14-19(22)20-8-5-9-21-12-16(2)10-17(3)13-21/h4,6-7,11,16-17H,5,8-10,12-14H2,1-3H3,(H,20,22)/t16-,17+. The fourth-order valence-corrected chi connectivity index (χ4v) is 3.41. The number of likely N-dealkylation sites (tertiary alicyclic amines) is 1. The Kier molecular flexibility index (Phi) is 6.90. The molecule has 0 aliphatic carbocycles. The van der Waals surface area contributed by atoms with Gasteiger partial charge in [-0.2, -0.15) is 0 Å². The summed E-state index contributed by atoms with van der Waals surface area (Å²) in [4.78, 5) is 14.3. The molecule has 1 aromatic carbocycles. The van der Waals surface area contributed by atoms with Gasteiger partial charge in [0.2, 0.25) is 0 Å². The highest BCUT2D eigenvalue weighted by Gasteiger charge is 2.20. The summed E-state index contributed by atoms with van der Waals surface area (Å²) < 4.78 is 5.50. The van der Waals surface area contributed by atoms with E-state index in [1.807, 2.05) is 31.2 Å². The van der Waals surface area contributed by atoms with Crippen LogP contribution in [0.15, 0.2) is 24.3 Å². The van der Waals surface area contributed by atoms with Crippen LogP contribution in [0.4, 0.5) is 0 Å². The van der Waals surface area contributed by atoms with E-state index >= 15 is 0 Å². The van der Waals surface area contributed by atoms with Crippen molar-refractivity contribution in [1.82, 2.24) is 10.2 Å². The molecule has 1 N–H and O–H groups in total. The normalized spacial score (nSPS) is 21.9. The summed E-state index contributed by atoms with van der Waals surface area (Å²) in [5.74, 6) is 2.27. The summed E-state index contributed by atoms with van der Waals surface area (Å²) in [6.45, 7) is 10.9. The smallest absolute Gasteiger partial charge is 0.257 e. The first-order valence-electron chi connectivity index (χ1n) is 8.71. The van der Waals surface area contributed by atoms with Gasteiger partial charge in [0.1, 0.15) is 5.75 Å². The number of carbonyl (C=O) groups excluding carboxylic acids is 1. The van der Waals surface area contributed by atoms with Gasteiger partial charge in [-0.3, -0.25) is 4.79 Å². The molecule has 0 spiro atoms. The molecule has 2 rings (SSSR count). The molecule has 4 nitrogen and oxygen atoms in total. The number of hydrogen-bond acceptors (Lipinski definition) is 3. The Labute approximate surface area is 140 Å². The lowest BCUT2D eigenvalue weighted by molar-refractivity contribution is -0.123. The first kappa shape index (κ1) is 17.8. The Bertz CT molecular complexity index is 494.